The lowest BCUT2D eigenvalue weighted by Crippen LogP contribution is -2.45. The van der Waals surface area contributed by atoms with Crippen molar-refractivity contribution >= 4 is 5.96 Å². The lowest BCUT2D eigenvalue weighted by molar-refractivity contribution is 0.380. The molecule has 1 aliphatic heterocycles. The van der Waals surface area contributed by atoms with E-state index in [0.29, 0.717) is 12.1 Å². The summed E-state index contributed by atoms with van der Waals surface area (Å²) in [6.45, 7) is 3.08. The highest BCUT2D eigenvalue weighted by molar-refractivity contribution is 5.82. The molecule has 1 aliphatic carbocycles. The fraction of sp³-hybridized carbons (Fsp3) is 0.875. The van der Waals surface area contributed by atoms with Crippen molar-refractivity contribution in [2.45, 2.75) is 38.3 Å². The fourth-order valence-corrected chi connectivity index (χ4v) is 1.39. The lowest BCUT2D eigenvalue weighted by atomic mass is 9.93. The predicted molar refractivity (Wildman–Crippen MR) is 45.7 cm³/mol. The SMILES string of the molecule is CC1CN=C(NC2CCC2)N1. The van der Waals surface area contributed by atoms with Crippen LogP contribution in [0.25, 0.3) is 0 Å². The highest BCUT2D eigenvalue weighted by atomic mass is 15.2. The number of nitrogens with one attached hydrogen (secondary N) is 2. The molecule has 2 aliphatic rings. The second-order valence-electron chi connectivity index (χ2n) is 3.51. The van der Waals surface area contributed by atoms with Crippen LogP contribution in [0.15, 0.2) is 4.99 Å². The van der Waals surface area contributed by atoms with Crippen LogP contribution in [-0.4, -0.2) is 24.6 Å². The van der Waals surface area contributed by atoms with Gasteiger partial charge < -0.3 is 10.6 Å². The standard InChI is InChI=1S/C8H15N3/c1-6-5-9-8(10-6)11-7-3-2-4-7/h6-7H,2-5H2,1H3,(H2,9,10,11). The van der Waals surface area contributed by atoms with E-state index in [0.717, 1.165) is 12.5 Å². The monoisotopic (exact) mass is 153 g/mol. The summed E-state index contributed by atoms with van der Waals surface area (Å²) in [6, 6.07) is 1.23. The lowest BCUT2D eigenvalue weighted by Gasteiger charge is -2.27. The highest BCUT2D eigenvalue weighted by Gasteiger charge is 2.20. The number of aliphatic imine (C=N–C) groups is 1. The topological polar surface area (TPSA) is 36.4 Å². The van der Waals surface area contributed by atoms with E-state index in [1.54, 1.807) is 0 Å². The van der Waals surface area contributed by atoms with Crippen molar-refractivity contribution in [2.24, 2.45) is 4.99 Å². The molecule has 0 amide bonds. The molecule has 0 aromatic rings. The Morgan fingerprint density at radius 1 is 1.55 bits per heavy atom. The molecule has 0 saturated heterocycles. The first kappa shape index (κ1) is 6.95. The Morgan fingerprint density at radius 2 is 2.36 bits per heavy atom. The van der Waals surface area contributed by atoms with Gasteiger partial charge in [0.2, 0.25) is 0 Å². The van der Waals surface area contributed by atoms with Gasteiger partial charge in [-0.3, -0.25) is 4.99 Å². The molecule has 0 aromatic carbocycles. The number of nitrogens with zero attached hydrogens (tertiary/aromatic N) is 1. The molecule has 3 heteroatoms. The second kappa shape index (κ2) is 2.72. The van der Waals surface area contributed by atoms with Crippen LogP contribution in [0.5, 0.6) is 0 Å². The van der Waals surface area contributed by atoms with E-state index in [1.165, 1.54) is 19.3 Å². The first-order valence-electron chi connectivity index (χ1n) is 4.42. The predicted octanol–water partition coefficient (Wildman–Crippen LogP) is 0.476. The average molecular weight is 153 g/mol. The van der Waals surface area contributed by atoms with Crippen LogP contribution in [0, 0.1) is 0 Å². The van der Waals surface area contributed by atoms with Gasteiger partial charge in [-0.1, -0.05) is 0 Å². The molecule has 0 bridgehead atoms. The van der Waals surface area contributed by atoms with Crippen molar-refractivity contribution in [2.75, 3.05) is 6.54 Å². The summed E-state index contributed by atoms with van der Waals surface area (Å²) in [5.74, 6) is 1.02. The Kier molecular flexibility index (Phi) is 1.72. The summed E-state index contributed by atoms with van der Waals surface area (Å²) in [7, 11) is 0. The fourth-order valence-electron chi connectivity index (χ4n) is 1.39. The van der Waals surface area contributed by atoms with Gasteiger partial charge >= 0.3 is 0 Å². The third-order valence-corrected chi connectivity index (χ3v) is 2.35. The largest absolute Gasteiger partial charge is 0.354 e. The van der Waals surface area contributed by atoms with E-state index in [2.05, 4.69) is 22.5 Å². The van der Waals surface area contributed by atoms with Crippen LogP contribution in [-0.2, 0) is 0 Å². The maximum absolute atomic E-state index is 4.33. The minimum Gasteiger partial charge on any atom is -0.354 e. The van der Waals surface area contributed by atoms with Crippen molar-refractivity contribution in [3.05, 3.63) is 0 Å². The van der Waals surface area contributed by atoms with Gasteiger partial charge in [-0.25, -0.2) is 0 Å². The highest BCUT2D eigenvalue weighted by Crippen LogP contribution is 2.17. The summed E-state index contributed by atoms with van der Waals surface area (Å²) in [6.07, 6.45) is 4.00. The maximum Gasteiger partial charge on any atom is 0.191 e. The molecular weight excluding hydrogens is 138 g/mol. The van der Waals surface area contributed by atoms with Crippen molar-refractivity contribution in [3.8, 4) is 0 Å². The Balaban J connectivity index is 1.77. The average Bonchev–Trinajstić information content (AvgIpc) is 2.27. The summed E-state index contributed by atoms with van der Waals surface area (Å²) in [5.41, 5.74) is 0. The van der Waals surface area contributed by atoms with Gasteiger partial charge in [-0.15, -0.1) is 0 Å². The van der Waals surface area contributed by atoms with Gasteiger partial charge in [0, 0.05) is 12.1 Å². The van der Waals surface area contributed by atoms with E-state index in [9.17, 15) is 0 Å². The number of rotatable bonds is 1. The minimum atomic E-state index is 0.526. The molecule has 11 heavy (non-hydrogen) atoms. The third kappa shape index (κ3) is 1.47. The molecule has 3 nitrogen and oxygen atoms in total. The van der Waals surface area contributed by atoms with Gasteiger partial charge in [-0.2, -0.15) is 0 Å². The molecule has 1 saturated carbocycles. The molecule has 0 radical (unpaired) electrons. The molecule has 0 spiro atoms. The van der Waals surface area contributed by atoms with Crippen LogP contribution >= 0.6 is 0 Å². The molecule has 62 valence electrons. The number of hydrogen-bond donors (Lipinski definition) is 2. The summed E-state index contributed by atoms with van der Waals surface area (Å²) in [5, 5.41) is 6.68. The molecule has 2 N–H and O–H groups in total. The van der Waals surface area contributed by atoms with Gasteiger partial charge in [0.05, 0.1) is 6.54 Å². The first-order valence-corrected chi connectivity index (χ1v) is 4.42. The number of hydrogen-bond acceptors (Lipinski definition) is 3. The molecule has 2 rings (SSSR count). The zero-order valence-corrected chi connectivity index (χ0v) is 6.93. The number of guanidine groups is 1. The smallest absolute Gasteiger partial charge is 0.191 e. The van der Waals surface area contributed by atoms with Gasteiger partial charge in [-0.05, 0) is 26.2 Å². The van der Waals surface area contributed by atoms with E-state index in [1.807, 2.05) is 0 Å². The summed E-state index contributed by atoms with van der Waals surface area (Å²) >= 11 is 0. The van der Waals surface area contributed by atoms with E-state index in [4.69, 9.17) is 0 Å². The van der Waals surface area contributed by atoms with Crippen LogP contribution in [0.2, 0.25) is 0 Å². The van der Waals surface area contributed by atoms with Crippen LogP contribution in [0.3, 0.4) is 0 Å². The van der Waals surface area contributed by atoms with Gasteiger partial charge in [0.25, 0.3) is 0 Å². The van der Waals surface area contributed by atoms with Crippen LogP contribution < -0.4 is 10.6 Å². The van der Waals surface area contributed by atoms with Crippen LogP contribution in [0.4, 0.5) is 0 Å². The van der Waals surface area contributed by atoms with E-state index < -0.39 is 0 Å². The van der Waals surface area contributed by atoms with Crippen LogP contribution in [0.1, 0.15) is 26.2 Å². The maximum atomic E-state index is 4.33. The zero-order valence-electron chi connectivity index (χ0n) is 6.93. The molecule has 1 unspecified atom stereocenters. The summed E-state index contributed by atoms with van der Waals surface area (Å²) < 4.78 is 0. The summed E-state index contributed by atoms with van der Waals surface area (Å²) in [4.78, 5) is 4.33. The quantitative estimate of drug-likeness (QED) is 0.574. The second-order valence-corrected chi connectivity index (χ2v) is 3.51. The zero-order chi connectivity index (χ0) is 7.68. The van der Waals surface area contributed by atoms with Gasteiger partial charge in [0.1, 0.15) is 0 Å². The Morgan fingerprint density at radius 3 is 2.82 bits per heavy atom. The van der Waals surface area contributed by atoms with Crippen molar-refractivity contribution in [3.63, 3.8) is 0 Å². The molecule has 0 aromatic heterocycles. The van der Waals surface area contributed by atoms with Crippen molar-refractivity contribution < 1.29 is 0 Å². The van der Waals surface area contributed by atoms with Gasteiger partial charge in [0.15, 0.2) is 5.96 Å². The van der Waals surface area contributed by atoms with Crippen molar-refractivity contribution in [1.29, 1.82) is 0 Å². The van der Waals surface area contributed by atoms with E-state index in [-0.39, 0.29) is 0 Å². The third-order valence-electron chi connectivity index (χ3n) is 2.35. The molecule has 1 atom stereocenters. The Labute approximate surface area is 67.3 Å². The Bertz CT molecular complexity index is 172. The Hall–Kier alpha value is -0.730. The van der Waals surface area contributed by atoms with E-state index >= 15 is 0 Å². The molecular formula is C8H15N3. The molecule has 1 heterocycles. The molecule has 1 fully saturated rings. The first-order chi connectivity index (χ1) is 5.34. The normalized spacial score (nSPS) is 30.6. The minimum absolute atomic E-state index is 0.526. The van der Waals surface area contributed by atoms with Crippen molar-refractivity contribution in [1.82, 2.24) is 10.6 Å².